The summed E-state index contributed by atoms with van der Waals surface area (Å²) in [7, 11) is -3.68. The number of carbonyl (C=O) groups excluding carboxylic acids is 1. The fourth-order valence-electron chi connectivity index (χ4n) is 2.68. The van der Waals surface area contributed by atoms with Gasteiger partial charge in [0.15, 0.2) is 9.84 Å². The van der Waals surface area contributed by atoms with E-state index < -0.39 is 27.0 Å². The van der Waals surface area contributed by atoms with Gasteiger partial charge in [-0.3, -0.25) is 0 Å². The standard InChI is InChI=1S/C18H24F3NO4S/c1-17(2,3)16(23)26-22-10-8-13(9-11-22)12-27(24,25)15-6-4-14(5-7-15)18(19,20)21/h4-7,13H,8-12H2,1-3H3. The number of rotatable bonds is 4. The third-order valence-electron chi connectivity index (χ3n) is 4.39. The van der Waals surface area contributed by atoms with Crippen molar-refractivity contribution in [3.63, 3.8) is 0 Å². The molecule has 1 aliphatic rings. The predicted molar refractivity (Wildman–Crippen MR) is 93.3 cm³/mol. The number of alkyl halides is 3. The van der Waals surface area contributed by atoms with Crippen LogP contribution in [0.15, 0.2) is 29.2 Å². The lowest BCUT2D eigenvalue weighted by Gasteiger charge is -2.32. The zero-order valence-corrected chi connectivity index (χ0v) is 16.4. The Kier molecular flexibility index (Phi) is 6.26. The first-order valence-electron chi connectivity index (χ1n) is 8.66. The summed E-state index contributed by atoms with van der Waals surface area (Å²) in [6, 6.07) is 3.56. The van der Waals surface area contributed by atoms with Gasteiger partial charge >= 0.3 is 12.1 Å². The number of halogens is 3. The van der Waals surface area contributed by atoms with Gasteiger partial charge < -0.3 is 4.84 Å². The fraction of sp³-hybridized carbons (Fsp3) is 0.611. The zero-order chi connectivity index (χ0) is 20.5. The van der Waals surface area contributed by atoms with E-state index in [1.807, 2.05) is 0 Å². The lowest BCUT2D eigenvalue weighted by molar-refractivity contribution is -0.205. The molecule has 1 saturated heterocycles. The van der Waals surface area contributed by atoms with E-state index in [-0.39, 0.29) is 22.5 Å². The Morgan fingerprint density at radius 3 is 2.07 bits per heavy atom. The summed E-state index contributed by atoms with van der Waals surface area (Å²) >= 11 is 0. The van der Waals surface area contributed by atoms with Crippen LogP contribution in [0.3, 0.4) is 0 Å². The minimum atomic E-state index is -4.50. The minimum absolute atomic E-state index is 0.114. The van der Waals surface area contributed by atoms with E-state index in [0.717, 1.165) is 24.3 Å². The van der Waals surface area contributed by atoms with Crippen molar-refractivity contribution in [2.75, 3.05) is 18.8 Å². The molecule has 0 spiro atoms. The molecule has 0 bridgehead atoms. The Morgan fingerprint density at radius 2 is 1.63 bits per heavy atom. The summed E-state index contributed by atoms with van der Waals surface area (Å²) in [5.74, 6) is -0.625. The average molecular weight is 407 g/mol. The van der Waals surface area contributed by atoms with Crippen LogP contribution in [0.5, 0.6) is 0 Å². The van der Waals surface area contributed by atoms with Gasteiger partial charge in [-0.05, 0) is 63.8 Å². The molecule has 1 aliphatic heterocycles. The van der Waals surface area contributed by atoms with Crippen LogP contribution < -0.4 is 0 Å². The molecule has 1 fully saturated rings. The van der Waals surface area contributed by atoms with Crippen LogP contribution in [0, 0.1) is 11.3 Å². The molecule has 152 valence electrons. The van der Waals surface area contributed by atoms with Crippen molar-refractivity contribution in [2.24, 2.45) is 11.3 Å². The molecule has 2 rings (SSSR count). The summed E-state index contributed by atoms with van der Waals surface area (Å²) in [5, 5.41) is 1.54. The van der Waals surface area contributed by atoms with Crippen LogP contribution in [0.1, 0.15) is 39.2 Å². The van der Waals surface area contributed by atoms with Crippen molar-refractivity contribution in [2.45, 2.75) is 44.7 Å². The second-order valence-corrected chi connectivity index (χ2v) is 9.84. The van der Waals surface area contributed by atoms with Crippen molar-refractivity contribution in [1.82, 2.24) is 5.06 Å². The molecule has 0 aliphatic carbocycles. The summed E-state index contributed by atoms with van der Waals surface area (Å²) in [6.07, 6.45) is -3.45. The maximum atomic E-state index is 12.6. The predicted octanol–water partition coefficient (Wildman–Crippen LogP) is 3.70. The number of piperidine rings is 1. The summed E-state index contributed by atoms with van der Waals surface area (Å²) in [6.45, 7) is 6.10. The van der Waals surface area contributed by atoms with E-state index in [2.05, 4.69) is 0 Å². The van der Waals surface area contributed by atoms with E-state index in [1.54, 1.807) is 20.8 Å². The van der Waals surface area contributed by atoms with Gasteiger partial charge in [-0.2, -0.15) is 13.2 Å². The molecule has 0 N–H and O–H groups in total. The number of sulfone groups is 1. The van der Waals surface area contributed by atoms with Crippen LogP contribution in [0.25, 0.3) is 0 Å². The second-order valence-electron chi connectivity index (χ2n) is 7.80. The third-order valence-corrected chi connectivity index (χ3v) is 6.29. The number of hydroxylamine groups is 2. The molecule has 0 saturated carbocycles. The van der Waals surface area contributed by atoms with Gasteiger partial charge in [0.05, 0.1) is 21.6 Å². The second kappa shape index (κ2) is 7.79. The molecule has 27 heavy (non-hydrogen) atoms. The van der Waals surface area contributed by atoms with Gasteiger partial charge in [-0.1, -0.05) is 0 Å². The largest absolute Gasteiger partial charge is 0.416 e. The van der Waals surface area contributed by atoms with Gasteiger partial charge in [0, 0.05) is 13.1 Å². The van der Waals surface area contributed by atoms with Crippen molar-refractivity contribution in [1.29, 1.82) is 0 Å². The molecule has 5 nitrogen and oxygen atoms in total. The van der Waals surface area contributed by atoms with E-state index in [4.69, 9.17) is 4.84 Å². The number of carbonyl (C=O) groups is 1. The Bertz CT molecular complexity index is 759. The number of hydrogen-bond donors (Lipinski definition) is 0. The maximum absolute atomic E-state index is 12.6. The monoisotopic (exact) mass is 407 g/mol. The molecule has 9 heteroatoms. The van der Waals surface area contributed by atoms with Crippen LogP contribution in [-0.2, 0) is 25.6 Å². The van der Waals surface area contributed by atoms with E-state index >= 15 is 0 Å². The van der Waals surface area contributed by atoms with Crippen molar-refractivity contribution in [3.8, 4) is 0 Å². The molecule has 0 atom stereocenters. The summed E-state index contributed by atoms with van der Waals surface area (Å²) < 4.78 is 62.7. The lowest BCUT2D eigenvalue weighted by Crippen LogP contribution is -2.40. The lowest BCUT2D eigenvalue weighted by atomic mass is 9.97. The minimum Gasteiger partial charge on any atom is -0.367 e. The quantitative estimate of drug-likeness (QED) is 0.762. The summed E-state index contributed by atoms with van der Waals surface area (Å²) in [5.41, 5.74) is -1.50. The molecule has 0 aromatic heterocycles. The molecular formula is C18H24F3NO4S. The SMILES string of the molecule is CC(C)(C)C(=O)ON1CCC(CS(=O)(=O)c2ccc(C(F)(F)F)cc2)CC1. The highest BCUT2D eigenvalue weighted by molar-refractivity contribution is 7.91. The van der Waals surface area contributed by atoms with Gasteiger partial charge in [-0.15, -0.1) is 5.06 Å². The van der Waals surface area contributed by atoms with Gasteiger partial charge in [0.25, 0.3) is 0 Å². The van der Waals surface area contributed by atoms with Crippen LogP contribution >= 0.6 is 0 Å². The van der Waals surface area contributed by atoms with E-state index in [1.165, 1.54) is 5.06 Å². The molecular weight excluding hydrogens is 383 g/mol. The van der Waals surface area contributed by atoms with Gasteiger partial charge in [0.1, 0.15) is 0 Å². The van der Waals surface area contributed by atoms with Crippen LogP contribution in [0.2, 0.25) is 0 Å². The van der Waals surface area contributed by atoms with E-state index in [9.17, 15) is 26.4 Å². The van der Waals surface area contributed by atoms with Crippen molar-refractivity contribution in [3.05, 3.63) is 29.8 Å². The zero-order valence-electron chi connectivity index (χ0n) is 15.5. The highest BCUT2D eigenvalue weighted by Crippen LogP contribution is 2.30. The first-order chi connectivity index (χ1) is 12.3. The number of nitrogens with zero attached hydrogens (tertiary/aromatic N) is 1. The topological polar surface area (TPSA) is 63.7 Å². The fourth-order valence-corrected chi connectivity index (χ4v) is 4.38. The Labute approximate surface area is 157 Å². The first kappa shape index (κ1) is 21.7. The highest BCUT2D eigenvalue weighted by atomic mass is 32.2. The van der Waals surface area contributed by atoms with Gasteiger partial charge in [-0.25, -0.2) is 13.2 Å². The molecule has 0 amide bonds. The van der Waals surface area contributed by atoms with Crippen molar-refractivity contribution >= 4 is 15.8 Å². The first-order valence-corrected chi connectivity index (χ1v) is 10.3. The summed E-state index contributed by atoms with van der Waals surface area (Å²) in [4.78, 5) is 17.1. The Hall–Kier alpha value is -1.61. The van der Waals surface area contributed by atoms with Crippen LogP contribution in [-0.4, -0.2) is 38.3 Å². The molecule has 1 heterocycles. The Balaban J connectivity index is 1.93. The molecule has 0 radical (unpaired) electrons. The number of hydrogen-bond acceptors (Lipinski definition) is 5. The van der Waals surface area contributed by atoms with E-state index in [0.29, 0.717) is 25.9 Å². The highest BCUT2D eigenvalue weighted by Gasteiger charge is 2.32. The molecule has 0 unspecified atom stereocenters. The third kappa shape index (κ3) is 5.93. The molecule has 1 aromatic rings. The van der Waals surface area contributed by atoms with Crippen molar-refractivity contribution < 1.29 is 31.2 Å². The normalized spacial score (nSPS) is 17.7. The molecule has 1 aromatic carbocycles. The smallest absolute Gasteiger partial charge is 0.367 e. The maximum Gasteiger partial charge on any atom is 0.416 e. The average Bonchev–Trinajstić information content (AvgIpc) is 2.55. The number of benzene rings is 1. The van der Waals surface area contributed by atoms with Crippen LogP contribution in [0.4, 0.5) is 13.2 Å². The Morgan fingerprint density at radius 1 is 1.11 bits per heavy atom. The van der Waals surface area contributed by atoms with Gasteiger partial charge in [0.2, 0.25) is 0 Å².